The quantitative estimate of drug-likeness (QED) is 0.721. The summed E-state index contributed by atoms with van der Waals surface area (Å²) in [6, 6.07) is 6.67. The number of hydrogen-bond donors (Lipinski definition) is 0. The molecular weight excluding hydrogens is 267 g/mol. The second-order valence-corrected chi connectivity index (χ2v) is 4.52. The first-order valence-electron chi connectivity index (χ1n) is 5.55. The molecule has 6 heteroatoms. The summed E-state index contributed by atoms with van der Waals surface area (Å²) in [5.74, 6) is -0.440. The van der Waals surface area contributed by atoms with Crippen LogP contribution in [0.5, 0.6) is 0 Å². The number of rotatable bonds is 2. The molecule has 0 atom stereocenters. The van der Waals surface area contributed by atoms with Crippen molar-refractivity contribution in [1.29, 1.82) is 5.26 Å². The van der Waals surface area contributed by atoms with E-state index in [-0.39, 0.29) is 5.02 Å². The lowest BCUT2D eigenvalue weighted by Crippen LogP contribution is -1.99. The largest absolute Gasteiger partial charge is 0.326 e. The average Bonchev–Trinajstić information content (AvgIpc) is 2.97. The number of imidazole rings is 1. The van der Waals surface area contributed by atoms with Crippen LogP contribution in [0.25, 0.3) is 5.65 Å². The molecule has 3 rings (SSSR count). The first-order chi connectivity index (χ1) is 9.19. The van der Waals surface area contributed by atoms with Gasteiger partial charge >= 0.3 is 0 Å². The van der Waals surface area contributed by atoms with Gasteiger partial charge in [0, 0.05) is 18.9 Å². The minimum atomic E-state index is -0.440. The van der Waals surface area contributed by atoms with E-state index in [9.17, 15) is 4.39 Å². The van der Waals surface area contributed by atoms with Crippen molar-refractivity contribution in [2.24, 2.45) is 0 Å². The molecule has 2 aromatic heterocycles. The van der Waals surface area contributed by atoms with Crippen molar-refractivity contribution in [3.63, 3.8) is 0 Å². The number of nitriles is 1. The standard InChI is InChI=1S/C13H8ClFN4/c14-11-5-9(1-2-12(11)15)8-18-3-4-19-13(18)10(6-16)7-17-19/h1-5,7H,8H2. The average molecular weight is 275 g/mol. The molecule has 0 saturated carbocycles. The molecule has 1 aromatic carbocycles. The van der Waals surface area contributed by atoms with Gasteiger partial charge in [-0.2, -0.15) is 10.4 Å². The number of nitrogens with zero attached hydrogens (tertiary/aromatic N) is 4. The van der Waals surface area contributed by atoms with Gasteiger partial charge in [-0.05, 0) is 17.7 Å². The molecule has 0 aliphatic carbocycles. The van der Waals surface area contributed by atoms with Crippen molar-refractivity contribution in [3.8, 4) is 6.07 Å². The number of halogens is 2. The zero-order chi connectivity index (χ0) is 13.4. The molecular formula is C13H8ClFN4. The SMILES string of the molecule is N#Cc1cnn2ccn(Cc3ccc(F)c(Cl)c3)c12. The Kier molecular flexibility index (Phi) is 2.73. The lowest BCUT2D eigenvalue weighted by Gasteiger charge is -2.05. The summed E-state index contributed by atoms with van der Waals surface area (Å²) in [6.45, 7) is 0.497. The van der Waals surface area contributed by atoms with E-state index in [1.54, 1.807) is 22.8 Å². The number of benzene rings is 1. The monoisotopic (exact) mass is 274 g/mol. The predicted octanol–water partition coefficient (Wildman–Crippen LogP) is 2.85. The molecule has 0 aliphatic rings. The number of hydrogen-bond acceptors (Lipinski definition) is 2. The van der Waals surface area contributed by atoms with Gasteiger partial charge in [0.2, 0.25) is 0 Å². The molecule has 0 amide bonds. The van der Waals surface area contributed by atoms with Crippen molar-refractivity contribution >= 4 is 17.2 Å². The molecule has 2 heterocycles. The molecule has 0 spiro atoms. The Hall–Kier alpha value is -2.32. The van der Waals surface area contributed by atoms with Gasteiger partial charge in [-0.15, -0.1) is 0 Å². The van der Waals surface area contributed by atoms with E-state index in [1.807, 2.05) is 10.8 Å². The Bertz CT molecular complexity index is 797. The van der Waals surface area contributed by atoms with Crippen molar-refractivity contribution in [3.05, 3.63) is 58.8 Å². The van der Waals surface area contributed by atoms with Crippen LogP contribution in [0.2, 0.25) is 5.02 Å². The topological polar surface area (TPSA) is 46.0 Å². The molecule has 0 aliphatic heterocycles. The van der Waals surface area contributed by atoms with E-state index >= 15 is 0 Å². The Morgan fingerprint density at radius 1 is 1.37 bits per heavy atom. The Morgan fingerprint density at radius 3 is 2.95 bits per heavy atom. The Labute approximate surface area is 113 Å². The summed E-state index contributed by atoms with van der Waals surface area (Å²) in [4.78, 5) is 0. The second-order valence-electron chi connectivity index (χ2n) is 4.11. The van der Waals surface area contributed by atoms with Gasteiger partial charge in [-0.25, -0.2) is 8.91 Å². The van der Waals surface area contributed by atoms with Crippen LogP contribution in [-0.2, 0) is 6.54 Å². The van der Waals surface area contributed by atoms with E-state index in [2.05, 4.69) is 11.2 Å². The minimum Gasteiger partial charge on any atom is -0.326 e. The number of aromatic nitrogens is 3. The molecule has 0 radical (unpaired) electrons. The molecule has 0 unspecified atom stereocenters. The lowest BCUT2D eigenvalue weighted by atomic mass is 10.2. The van der Waals surface area contributed by atoms with Crippen LogP contribution in [0, 0.1) is 17.1 Å². The van der Waals surface area contributed by atoms with E-state index < -0.39 is 5.82 Å². The molecule has 0 N–H and O–H groups in total. The van der Waals surface area contributed by atoms with Crippen molar-refractivity contribution in [2.75, 3.05) is 0 Å². The maximum Gasteiger partial charge on any atom is 0.154 e. The van der Waals surface area contributed by atoms with Gasteiger partial charge in [-0.3, -0.25) is 0 Å². The van der Waals surface area contributed by atoms with Gasteiger partial charge in [0.05, 0.1) is 11.2 Å². The molecule has 0 saturated heterocycles. The summed E-state index contributed by atoms with van der Waals surface area (Å²) < 4.78 is 16.6. The summed E-state index contributed by atoms with van der Waals surface area (Å²) in [7, 11) is 0. The van der Waals surface area contributed by atoms with Crippen LogP contribution in [0.1, 0.15) is 11.1 Å². The van der Waals surface area contributed by atoms with Crippen LogP contribution >= 0.6 is 11.6 Å². The molecule has 19 heavy (non-hydrogen) atoms. The van der Waals surface area contributed by atoms with Crippen molar-refractivity contribution in [2.45, 2.75) is 6.54 Å². The number of fused-ring (bicyclic) bond motifs is 1. The Balaban J connectivity index is 2.03. The van der Waals surface area contributed by atoms with Gasteiger partial charge in [0.15, 0.2) is 5.65 Å². The highest BCUT2D eigenvalue weighted by atomic mass is 35.5. The minimum absolute atomic E-state index is 0.0923. The van der Waals surface area contributed by atoms with Crippen molar-refractivity contribution < 1.29 is 4.39 Å². The van der Waals surface area contributed by atoms with Crippen LogP contribution in [0.4, 0.5) is 4.39 Å². The summed E-state index contributed by atoms with van der Waals surface area (Å²) in [5, 5.41) is 13.2. The van der Waals surface area contributed by atoms with Gasteiger partial charge in [0.1, 0.15) is 17.4 Å². The molecule has 4 nitrogen and oxygen atoms in total. The fourth-order valence-electron chi connectivity index (χ4n) is 2.01. The first kappa shape index (κ1) is 11.8. The maximum absolute atomic E-state index is 13.1. The summed E-state index contributed by atoms with van der Waals surface area (Å²) >= 11 is 5.76. The van der Waals surface area contributed by atoms with E-state index in [4.69, 9.17) is 16.9 Å². The van der Waals surface area contributed by atoms with Crippen LogP contribution < -0.4 is 0 Å². The van der Waals surface area contributed by atoms with Gasteiger partial charge in [-0.1, -0.05) is 17.7 Å². The van der Waals surface area contributed by atoms with E-state index in [0.717, 1.165) is 5.56 Å². The molecule has 0 fully saturated rings. The predicted molar refractivity (Wildman–Crippen MR) is 68.4 cm³/mol. The normalized spacial score (nSPS) is 10.8. The fourth-order valence-corrected chi connectivity index (χ4v) is 2.21. The third kappa shape index (κ3) is 1.96. The van der Waals surface area contributed by atoms with Crippen LogP contribution in [-0.4, -0.2) is 14.2 Å². The first-order valence-corrected chi connectivity index (χ1v) is 5.93. The van der Waals surface area contributed by atoms with Gasteiger partial charge in [0.25, 0.3) is 0 Å². The van der Waals surface area contributed by atoms with Crippen molar-refractivity contribution in [1.82, 2.24) is 14.2 Å². The zero-order valence-corrected chi connectivity index (χ0v) is 10.5. The molecule has 0 bridgehead atoms. The smallest absolute Gasteiger partial charge is 0.154 e. The van der Waals surface area contributed by atoms with Crippen LogP contribution in [0.3, 0.4) is 0 Å². The van der Waals surface area contributed by atoms with E-state index in [0.29, 0.717) is 17.8 Å². The summed E-state index contributed by atoms with van der Waals surface area (Å²) in [6.07, 6.45) is 5.10. The van der Waals surface area contributed by atoms with Crippen LogP contribution in [0.15, 0.2) is 36.8 Å². The third-order valence-corrected chi connectivity index (χ3v) is 3.18. The maximum atomic E-state index is 13.1. The zero-order valence-electron chi connectivity index (χ0n) is 9.72. The fraction of sp³-hybridized carbons (Fsp3) is 0.0769. The molecule has 3 aromatic rings. The Morgan fingerprint density at radius 2 is 2.21 bits per heavy atom. The highest BCUT2D eigenvalue weighted by Gasteiger charge is 2.09. The third-order valence-electron chi connectivity index (χ3n) is 2.89. The second kappa shape index (κ2) is 4.41. The highest BCUT2D eigenvalue weighted by Crippen LogP contribution is 2.18. The lowest BCUT2D eigenvalue weighted by molar-refractivity contribution is 0.627. The summed E-state index contributed by atoms with van der Waals surface area (Å²) in [5.41, 5.74) is 2.07. The van der Waals surface area contributed by atoms with Gasteiger partial charge < -0.3 is 4.57 Å². The molecule has 94 valence electrons. The highest BCUT2D eigenvalue weighted by molar-refractivity contribution is 6.30. The van der Waals surface area contributed by atoms with E-state index in [1.165, 1.54) is 12.3 Å².